The normalized spacial score (nSPS) is 30.0. The fraction of sp³-hybridized carbons (Fsp3) is 0.833. The van der Waals surface area contributed by atoms with Crippen LogP contribution in [0.3, 0.4) is 0 Å². The molecule has 4 nitrogen and oxygen atoms in total. The molecule has 0 aliphatic carbocycles. The molecule has 1 aliphatic heterocycles. The summed E-state index contributed by atoms with van der Waals surface area (Å²) >= 11 is 0. The maximum atomic E-state index is 9.93. The van der Waals surface area contributed by atoms with Gasteiger partial charge in [0.1, 0.15) is 0 Å². The summed E-state index contributed by atoms with van der Waals surface area (Å²) in [7, 11) is 0. The van der Waals surface area contributed by atoms with Crippen molar-refractivity contribution in [1.82, 2.24) is 5.32 Å². The third-order valence-corrected chi connectivity index (χ3v) is 1.26. The van der Waals surface area contributed by atoms with Gasteiger partial charge in [0.25, 0.3) is 0 Å². The molecule has 0 radical (unpaired) electrons. The lowest BCUT2D eigenvalue weighted by atomic mass is 10.4. The molecule has 0 saturated carbocycles. The predicted molar refractivity (Wildman–Crippen MR) is 34.1 cm³/mol. The lowest BCUT2D eigenvalue weighted by Gasteiger charge is -2.15. The summed E-state index contributed by atoms with van der Waals surface area (Å²) in [6, 6.07) is 0. The highest BCUT2D eigenvalue weighted by atomic mass is 16.7. The van der Waals surface area contributed by atoms with E-state index in [2.05, 4.69) is 5.32 Å². The molecule has 0 aromatic rings. The highest BCUT2D eigenvalue weighted by Crippen LogP contribution is 2.20. The van der Waals surface area contributed by atoms with Crippen LogP contribution in [0.15, 0.2) is 0 Å². The van der Waals surface area contributed by atoms with Gasteiger partial charge in [0.05, 0.1) is 6.61 Å². The van der Waals surface area contributed by atoms with Gasteiger partial charge in [0.2, 0.25) is 6.41 Å². The Balaban J connectivity index is 2.35. The molecule has 0 spiro atoms. The number of hydrogen-bond donors (Lipinski definition) is 1. The second-order valence-electron chi connectivity index (χ2n) is 2.60. The van der Waals surface area contributed by atoms with Gasteiger partial charge in [-0.3, -0.25) is 4.79 Å². The zero-order chi connectivity index (χ0) is 7.61. The van der Waals surface area contributed by atoms with Gasteiger partial charge in [0.15, 0.2) is 12.0 Å². The molecular weight excluding hydrogens is 134 g/mol. The maximum absolute atomic E-state index is 9.93. The average molecular weight is 145 g/mol. The maximum Gasteiger partial charge on any atom is 0.209 e. The Labute approximate surface area is 59.5 Å². The van der Waals surface area contributed by atoms with E-state index in [4.69, 9.17) is 9.47 Å². The molecular formula is C6H11NO3. The van der Waals surface area contributed by atoms with Gasteiger partial charge in [-0.1, -0.05) is 0 Å². The fourth-order valence-corrected chi connectivity index (χ4v) is 0.845. The molecule has 58 valence electrons. The number of amides is 1. The first-order chi connectivity index (χ1) is 4.64. The van der Waals surface area contributed by atoms with Crippen LogP contribution in [0.2, 0.25) is 0 Å². The minimum atomic E-state index is -0.555. The highest BCUT2D eigenvalue weighted by Gasteiger charge is 2.31. The molecule has 0 aromatic heterocycles. The second kappa shape index (κ2) is 2.56. The van der Waals surface area contributed by atoms with Gasteiger partial charge in [-0.05, 0) is 13.8 Å². The molecule has 0 unspecified atom stereocenters. The van der Waals surface area contributed by atoms with Crippen LogP contribution in [-0.2, 0) is 14.3 Å². The monoisotopic (exact) mass is 145 g/mol. The largest absolute Gasteiger partial charge is 0.346 e. The summed E-state index contributed by atoms with van der Waals surface area (Å²) in [5.41, 5.74) is 0. The summed E-state index contributed by atoms with van der Waals surface area (Å²) in [6.07, 6.45) is 0.322. The zero-order valence-corrected chi connectivity index (χ0v) is 6.09. The summed E-state index contributed by atoms with van der Waals surface area (Å²) in [4.78, 5) is 9.93. The minimum absolute atomic E-state index is 0.285. The van der Waals surface area contributed by atoms with Crippen molar-refractivity contribution in [2.75, 3.05) is 6.61 Å². The van der Waals surface area contributed by atoms with Crippen molar-refractivity contribution in [3.8, 4) is 0 Å². The highest BCUT2D eigenvalue weighted by molar-refractivity contribution is 5.46. The number of hydrogen-bond acceptors (Lipinski definition) is 3. The molecule has 0 bridgehead atoms. The fourth-order valence-electron chi connectivity index (χ4n) is 0.845. The van der Waals surface area contributed by atoms with Crippen molar-refractivity contribution >= 4 is 6.41 Å². The van der Waals surface area contributed by atoms with Gasteiger partial charge in [-0.2, -0.15) is 0 Å². The first kappa shape index (κ1) is 7.50. The standard InChI is InChI=1S/C6H11NO3/c1-6(2)9-3-5(10-6)7-4-8/h4-5H,3H2,1-2H3,(H,7,8)/t5-/m1/s1. The predicted octanol–water partition coefficient (Wildman–Crippen LogP) is -0.159. The lowest BCUT2D eigenvalue weighted by Crippen LogP contribution is -2.31. The van der Waals surface area contributed by atoms with Crippen molar-refractivity contribution in [2.45, 2.75) is 25.9 Å². The SMILES string of the molecule is CC1(C)OC[C@H](NC=O)O1. The zero-order valence-electron chi connectivity index (χ0n) is 6.09. The molecule has 1 N–H and O–H groups in total. The molecule has 1 rings (SSSR count). The van der Waals surface area contributed by atoms with E-state index in [1.54, 1.807) is 13.8 Å². The quantitative estimate of drug-likeness (QED) is 0.549. The first-order valence-corrected chi connectivity index (χ1v) is 3.15. The number of nitrogens with one attached hydrogen (secondary N) is 1. The van der Waals surface area contributed by atoms with E-state index in [0.717, 1.165) is 0 Å². The third kappa shape index (κ3) is 1.68. The molecule has 1 atom stereocenters. The Morgan fingerprint density at radius 1 is 1.70 bits per heavy atom. The Morgan fingerprint density at radius 2 is 2.40 bits per heavy atom. The Hall–Kier alpha value is -0.610. The number of carbonyl (C=O) groups excluding carboxylic acids is 1. The van der Waals surface area contributed by atoms with Gasteiger partial charge < -0.3 is 14.8 Å². The van der Waals surface area contributed by atoms with Crippen molar-refractivity contribution in [3.05, 3.63) is 0 Å². The van der Waals surface area contributed by atoms with Crippen LogP contribution < -0.4 is 5.32 Å². The first-order valence-electron chi connectivity index (χ1n) is 3.15. The van der Waals surface area contributed by atoms with E-state index in [1.165, 1.54) is 0 Å². The molecule has 0 aromatic carbocycles. The van der Waals surface area contributed by atoms with Crippen molar-refractivity contribution in [3.63, 3.8) is 0 Å². The van der Waals surface area contributed by atoms with Crippen LogP contribution >= 0.6 is 0 Å². The molecule has 1 saturated heterocycles. The van der Waals surface area contributed by atoms with Gasteiger partial charge in [-0.15, -0.1) is 0 Å². The third-order valence-electron chi connectivity index (χ3n) is 1.26. The lowest BCUT2D eigenvalue weighted by molar-refractivity contribution is -0.143. The van der Waals surface area contributed by atoms with E-state index < -0.39 is 5.79 Å². The summed E-state index contributed by atoms with van der Waals surface area (Å²) in [5, 5.41) is 2.47. The molecule has 10 heavy (non-hydrogen) atoms. The van der Waals surface area contributed by atoms with Crippen molar-refractivity contribution in [2.24, 2.45) is 0 Å². The summed E-state index contributed by atoms with van der Waals surface area (Å²) in [6.45, 7) is 4.03. The molecule has 1 heterocycles. The van der Waals surface area contributed by atoms with E-state index >= 15 is 0 Å². The van der Waals surface area contributed by atoms with Gasteiger partial charge in [-0.25, -0.2) is 0 Å². The van der Waals surface area contributed by atoms with E-state index in [1.807, 2.05) is 0 Å². The topological polar surface area (TPSA) is 47.6 Å². The van der Waals surface area contributed by atoms with E-state index in [0.29, 0.717) is 13.0 Å². The Bertz CT molecular complexity index is 135. The van der Waals surface area contributed by atoms with Crippen LogP contribution in [0.5, 0.6) is 0 Å². The average Bonchev–Trinajstić information content (AvgIpc) is 2.12. The van der Waals surface area contributed by atoms with Crippen molar-refractivity contribution in [1.29, 1.82) is 0 Å². The van der Waals surface area contributed by atoms with Crippen LogP contribution in [-0.4, -0.2) is 25.0 Å². The Morgan fingerprint density at radius 3 is 2.80 bits per heavy atom. The van der Waals surface area contributed by atoms with Crippen LogP contribution in [0, 0.1) is 0 Å². The number of rotatable bonds is 2. The summed E-state index contributed by atoms with van der Waals surface area (Å²) < 4.78 is 10.4. The number of ether oxygens (including phenoxy) is 2. The minimum Gasteiger partial charge on any atom is -0.346 e. The van der Waals surface area contributed by atoms with Crippen LogP contribution in [0.4, 0.5) is 0 Å². The van der Waals surface area contributed by atoms with E-state index in [9.17, 15) is 4.79 Å². The smallest absolute Gasteiger partial charge is 0.209 e. The van der Waals surface area contributed by atoms with E-state index in [-0.39, 0.29) is 6.23 Å². The number of carbonyl (C=O) groups is 1. The molecule has 1 amide bonds. The van der Waals surface area contributed by atoms with Crippen molar-refractivity contribution < 1.29 is 14.3 Å². The van der Waals surface area contributed by atoms with Gasteiger partial charge >= 0.3 is 0 Å². The molecule has 4 heteroatoms. The molecule has 1 fully saturated rings. The summed E-state index contributed by atoms with van der Waals surface area (Å²) in [5.74, 6) is -0.555. The van der Waals surface area contributed by atoms with Gasteiger partial charge in [0, 0.05) is 0 Å². The second-order valence-corrected chi connectivity index (χ2v) is 2.60. The van der Waals surface area contributed by atoms with Crippen LogP contribution in [0.25, 0.3) is 0 Å². The molecule has 1 aliphatic rings. The van der Waals surface area contributed by atoms with Crippen LogP contribution in [0.1, 0.15) is 13.8 Å². The Kier molecular flexibility index (Phi) is 1.92.